The number of hydrogen-bond donors (Lipinski definition) is 0. The number of hydrogen-bond acceptors (Lipinski definition) is 0. The van der Waals surface area contributed by atoms with Gasteiger partial charge in [0, 0.05) is 4.48 Å². The van der Waals surface area contributed by atoms with Crippen LogP contribution in [0.25, 0.3) is 0 Å². The van der Waals surface area contributed by atoms with E-state index >= 15 is 0 Å². The number of allylic oxidation sites excluding steroid dienone is 5. The van der Waals surface area contributed by atoms with Crippen LogP contribution in [0.1, 0.15) is 6.92 Å². The summed E-state index contributed by atoms with van der Waals surface area (Å²) in [6, 6.07) is 0. The molecule has 0 aromatic carbocycles. The summed E-state index contributed by atoms with van der Waals surface area (Å²) in [6.07, 6.45) is 4.26. The Morgan fingerprint density at radius 2 is 2.18 bits per heavy atom. The Balaban J connectivity index is 2.98. The molecular formula is C8H7Br3. The summed E-state index contributed by atoms with van der Waals surface area (Å²) in [5.41, 5.74) is 2.49. The summed E-state index contributed by atoms with van der Waals surface area (Å²) in [5, 5.41) is 0. The van der Waals surface area contributed by atoms with Crippen LogP contribution in [-0.4, -0.2) is 4.83 Å². The molecule has 0 spiro atoms. The third kappa shape index (κ3) is 2.30. The van der Waals surface area contributed by atoms with E-state index in [1.165, 1.54) is 11.1 Å². The molecule has 0 saturated heterocycles. The molecule has 0 nitrogen and oxygen atoms in total. The summed E-state index contributed by atoms with van der Waals surface area (Å²) in [4.78, 5) is 2.26. The molecule has 0 aromatic heterocycles. The fraction of sp³-hybridized carbons (Fsp3) is 0.250. The van der Waals surface area contributed by atoms with Crippen molar-refractivity contribution in [2.75, 3.05) is 0 Å². The zero-order valence-corrected chi connectivity index (χ0v) is 10.7. The molecule has 0 aliphatic heterocycles. The monoisotopic (exact) mass is 340 g/mol. The molecule has 60 valence electrons. The van der Waals surface area contributed by atoms with Crippen molar-refractivity contribution >= 4 is 47.8 Å². The Kier molecular flexibility index (Phi) is 3.59. The molecule has 1 aliphatic rings. The highest BCUT2D eigenvalue weighted by Gasteiger charge is 2.12. The lowest BCUT2D eigenvalue weighted by molar-refractivity contribution is 1.25. The maximum absolute atomic E-state index is 3.54. The fourth-order valence-corrected chi connectivity index (χ4v) is 2.66. The van der Waals surface area contributed by atoms with Crippen molar-refractivity contribution in [2.24, 2.45) is 0 Å². The third-order valence-corrected chi connectivity index (χ3v) is 3.69. The molecule has 0 amide bonds. The SMILES string of the molecule is CC1=C[C@@H](Br)/C(=C\Br)C=C1Br. The second-order valence-electron chi connectivity index (χ2n) is 2.35. The third-order valence-electron chi connectivity index (χ3n) is 1.51. The average molecular weight is 343 g/mol. The molecule has 0 heterocycles. The molecule has 3 heteroatoms. The standard InChI is InChI=1S/C8H7Br3/c1-5-2-8(11)6(4-9)3-7(5)10/h2-4,8H,1H3/b6-4-/t8-/m1/s1. The smallest absolute Gasteiger partial charge is 0.0586 e. The Bertz CT molecular complexity index is 248. The number of alkyl halides is 1. The second-order valence-corrected chi connectivity index (χ2v) is 4.65. The molecule has 0 saturated carbocycles. The van der Waals surface area contributed by atoms with Crippen molar-refractivity contribution in [3.63, 3.8) is 0 Å². The van der Waals surface area contributed by atoms with Crippen molar-refractivity contribution in [3.05, 3.63) is 32.8 Å². The first-order valence-electron chi connectivity index (χ1n) is 3.15. The normalized spacial score (nSPS) is 28.4. The van der Waals surface area contributed by atoms with Crippen LogP contribution in [0.15, 0.2) is 32.8 Å². The predicted octanol–water partition coefficient (Wildman–Crippen LogP) is 4.27. The van der Waals surface area contributed by atoms with E-state index < -0.39 is 0 Å². The highest BCUT2D eigenvalue weighted by atomic mass is 79.9. The first-order chi connectivity index (χ1) is 5.15. The van der Waals surface area contributed by atoms with Gasteiger partial charge in [-0.05, 0) is 29.1 Å². The Morgan fingerprint density at radius 3 is 2.73 bits per heavy atom. The number of rotatable bonds is 0. The van der Waals surface area contributed by atoms with Crippen LogP contribution >= 0.6 is 47.8 Å². The predicted molar refractivity (Wildman–Crippen MR) is 60.5 cm³/mol. The van der Waals surface area contributed by atoms with Gasteiger partial charge in [0.15, 0.2) is 0 Å². The van der Waals surface area contributed by atoms with E-state index in [-0.39, 0.29) is 0 Å². The van der Waals surface area contributed by atoms with Crippen molar-refractivity contribution < 1.29 is 0 Å². The van der Waals surface area contributed by atoms with Gasteiger partial charge in [-0.15, -0.1) is 0 Å². The summed E-state index contributed by atoms with van der Waals surface area (Å²) < 4.78 is 1.15. The summed E-state index contributed by atoms with van der Waals surface area (Å²) in [5.74, 6) is 0. The minimum absolute atomic E-state index is 0.336. The molecular weight excluding hydrogens is 336 g/mol. The van der Waals surface area contributed by atoms with Crippen molar-refractivity contribution in [1.29, 1.82) is 0 Å². The first kappa shape index (κ1) is 9.75. The van der Waals surface area contributed by atoms with E-state index in [4.69, 9.17) is 0 Å². The van der Waals surface area contributed by atoms with Gasteiger partial charge in [0.1, 0.15) is 0 Å². The summed E-state index contributed by atoms with van der Waals surface area (Å²) in [6.45, 7) is 2.08. The lowest BCUT2D eigenvalue weighted by atomic mass is 10.1. The largest absolute Gasteiger partial charge is 0.0793 e. The molecule has 0 aromatic rings. The van der Waals surface area contributed by atoms with Crippen LogP contribution in [0, 0.1) is 0 Å². The van der Waals surface area contributed by atoms with Gasteiger partial charge in [-0.25, -0.2) is 0 Å². The van der Waals surface area contributed by atoms with E-state index in [1.54, 1.807) is 0 Å². The highest BCUT2D eigenvalue weighted by molar-refractivity contribution is 9.12. The maximum atomic E-state index is 3.54. The maximum Gasteiger partial charge on any atom is 0.0586 e. The van der Waals surface area contributed by atoms with Gasteiger partial charge < -0.3 is 0 Å². The minimum Gasteiger partial charge on any atom is -0.0793 e. The Labute approximate surface area is 91.8 Å². The van der Waals surface area contributed by atoms with Crippen LogP contribution in [0.2, 0.25) is 0 Å². The quantitative estimate of drug-likeness (QED) is 0.577. The first-order valence-corrected chi connectivity index (χ1v) is 5.78. The minimum atomic E-state index is 0.336. The van der Waals surface area contributed by atoms with Crippen LogP contribution < -0.4 is 0 Å². The van der Waals surface area contributed by atoms with Crippen LogP contribution in [0.5, 0.6) is 0 Å². The van der Waals surface area contributed by atoms with Crippen LogP contribution in [0.4, 0.5) is 0 Å². The van der Waals surface area contributed by atoms with Gasteiger partial charge in [-0.1, -0.05) is 53.9 Å². The average Bonchev–Trinajstić information content (AvgIpc) is 1.97. The van der Waals surface area contributed by atoms with Gasteiger partial charge in [0.05, 0.1) is 4.83 Å². The molecule has 0 fully saturated rings. The molecule has 0 N–H and O–H groups in total. The van der Waals surface area contributed by atoms with Gasteiger partial charge >= 0.3 is 0 Å². The molecule has 0 bridgehead atoms. The van der Waals surface area contributed by atoms with Crippen LogP contribution in [-0.2, 0) is 0 Å². The van der Waals surface area contributed by atoms with Crippen LogP contribution in [0.3, 0.4) is 0 Å². The fourth-order valence-electron chi connectivity index (χ4n) is 0.827. The molecule has 1 atom stereocenters. The second kappa shape index (κ2) is 4.06. The van der Waals surface area contributed by atoms with E-state index in [1.807, 2.05) is 4.99 Å². The van der Waals surface area contributed by atoms with Crippen molar-refractivity contribution in [2.45, 2.75) is 11.8 Å². The number of halogens is 3. The summed E-state index contributed by atoms with van der Waals surface area (Å²) in [7, 11) is 0. The topological polar surface area (TPSA) is 0 Å². The molecule has 1 rings (SSSR count). The Morgan fingerprint density at radius 1 is 1.55 bits per heavy atom. The van der Waals surface area contributed by atoms with Crippen molar-refractivity contribution in [3.8, 4) is 0 Å². The summed E-state index contributed by atoms with van der Waals surface area (Å²) >= 11 is 10.3. The lowest BCUT2D eigenvalue weighted by Crippen LogP contribution is -2.02. The molecule has 11 heavy (non-hydrogen) atoms. The van der Waals surface area contributed by atoms with Gasteiger partial charge in [-0.2, -0.15) is 0 Å². The van der Waals surface area contributed by atoms with E-state index in [0.717, 1.165) is 4.48 Å². The Hall–Kier alpha value is 0.660. The zero-order valence-electron chi connectivity index (χ0n) is 5.94. The van der Waals surface area contributed by atoms with Gasteiger partial charge in [0.25, 0.3) is 0 Å². The van der Waals surface area contributed by atoms with Crippen molar-refractivity contribution in [1.82, 2.24) is 0 Å². The van der Waals surface area contributed by atoms with Gasteiger partial charge in [-0.3, -0.25) is 0 Å². The highest BCUT2D eigenvalue weighted by Crippen LogP contribution is 2.30. The molecule has 0 unspecified atom stereocenters. The zero-order chi connectivity index (χ0) is 8.43. The lowest BCUT2D eigenvalue weighted by Gasteiger charge is -2.14. The molecule has 1 aliphatic carbocycles. The van der Waals surface area contributed by atoms with E-state index in [0.29, 0.717) is 4.83 Å². The molecule has 0 radical (unpaired) electrons. The van der Waals surface area contributed by atoms with E-state index in [9.17, 15) is 0 Å². The van der Waals surface area contributed by atoms with E-state index in [2.05, 4.69) is 66.9 Å². The van der Waals surface area contributed by atoms with Gasteiger partial charge in [0.2, 0.25) is 0 Å².